The summed E-state index contributed by atoms with van der Waals surface area (Å²) in [5.74, 6) is -0.606. The molecule has 1 heterocycles. The Morgan fingerprint density at radius 2 is 2.00 bits per heavy atom. The maximum absolute atomic E-state index is 13.5. The third kappa shape index (κ3) is 2.04. The molecule has 0 aliphatic heterocycles. The van der Waals surface area contributed by atoms with Crippen LogP contribution in [0, 0.1) is 5.82 Å². The maximum Gasteiger partial charge on any atom is 0.408 e. The average Bonchev–Trinajstić information content (AvgIpc) is 2.53. The standard InChI is InChI=1S/C9H5BrF4N2/c10-6-1-2-7-5(8(6)11)3-15-16(7)4-9(12,13)14/h1-3H,4H2. The van der Waals surface area contributed by atoms with Crippen LogP contribution in [-0.4, -0.2) is 16.0 Å². The molecule has 7 heteroatoms. The van der Waals surface area contributed by atoms with E-state index in [0.717, 1.165) is 10.9 Å². The molecule has 86 valence electrons. The van der Waals surface area contributed by atoms with Crippen molar-refractivity contribution < 1.29 is 17.6 Å². The van der Waals surface area contributed by atoms with Gasteiger partial charge in [0.1, 0.15) is 12.4 Å². The Kier molecular flexibility index (Phi) is 2.65. The van der Waals surface area contributed by atoms with Crippen LogP contribution < -0.4 is 0 Å². The maximum atomic E-state index is 13.5. The van der Waals surface area contributed by atoms with Crippen molar-refractivity contribution in [3.8, 4) is 0 Å². The van der Waals surface area contributed by atoms with Gasteiger partial charge in [-0.3, -0.25) is 4.68 Å². The van der Waals surface area contributed by atoms with E-state index >= 15 is 0 Å². The number of fused-ring (bicyclic) bond motifs is 1. The van der Waals surface area contributed by atoms with Crippen LogP contribution in [0.4, 0.5) is 17.6 Å². The number of hydrogen-bond donors (Lipinski definition) is 0. The summed E-state index contributed by atoms with van der Waals surface area (Å²) in [6, 6.07) is 2.74. The molecular weight excluding hydrogens is 292 g/mol. The highest BCUT2D eigenvalue weighted by atomic mass is 79.9. The number of hydrogen-bond acceptors (Lipinski definition) is 1. The fourth-order valence-electron chi connectivity index (χ4n) is 1.39. The van der Waals surface area contributed by atoms with Crippen LogP contribution in [0.25, 0.3) is 10.9 Å². The smallest absolute Gasteiger partial charge is 0.256 e. The lowest BCUT2D eigenvalue weighted by atomic mass is 10.2. The molecule has 2 nitrogen and oxygen atoms in total. The van der Waals surface area contributed by atoms with Crippen molar-refractivity contribution in [2.24, 2.45) is 0 Å². The zero-order valence-electron chi connectivity index (χ0n) is 7.72. The van der Waals surface area contributed by atoms with E-state index in [1.54, 1.807) is 0 Å². The zero-order chi connectivity index (χ0) is 11.9. The highest BCUT2D eigenvalue weighted by molar-refractivity contribution is 9.10. The molecular formula is C9H5BrF4N2. The first kappa shape index (κ1) is 11.4. The third-order valence-electron chi connectivity index (χ3n) is 2.04. The Hall–Kier alpha value is -1.11. The molecule has 0 amide bonds. The van der Waals surface area contributed by atoms with Gasteiger partial charge in [0.25, 0.3) is 0 Å². The van der Waals surface area contributed by atoms with Crippen molar-refractivity contribution in [1.82, 2.24) is 9.78 Å². The van der Waals surface area contributed by atoms with E-state index in [9.17, 15) is 17.6 Å². The van der Waals surface area contributed by atoms with Crippen molar-refractivity contribution in [3.05, 3.63) is 28.6 Å². The molecule has 16 heavy (non-hydrogen) atoms. The first-order valence-corrected chi connectivity index (χ1v) is 5.04. The van der Waals surface area contributed by atoms with E-state index in [4.69, 9.17) is 0 Å². The van der Waals surface area contributed by atoms with Gasteiger partial charge in [-0.05, 0) is 28.1 Å². The molecule has 0 bridgehead atoms. The topological polar surface area (TPSA) is 17.8 Å². The summed E-state index contributed by atoms with van der Waals surface area (Å²) in [5.41, 5.74) is 0.123. The fourth-order valence-corrected chi connectivity index (χ4v) is 1.74. The molecule has 0 unspecified atom stereocenters. The van der Waals surface area contributed by atoms with Crippen molar-refractivity contribution in [3.63, 3.8) is 0 Å². The van der Waals surface area contributed by atoms with Gasteiger partial charge < -0.3 is 0 Å². The van der Waals surface area contributed by atoms with E-state index in [1.807, 2.05) is 0 Å². The van der Waals surface area contributed by atoms with Crippen LogP contribution >= 0.6 is 15.9 Å². The molecule has 0 aliphatic carbocycles. The quantitative estimate of drug-likeness (QED) is 0.737. The summed E-state index contributed by atoms with van der Waals surface area (Å²) in [6.45, 7) is -1.22. The Morgan fingerprint density at radius 1 is 1.31 bits per heavy atom. The summed E-state index contributed by atoms with van der Waals surface area (Å²) in [4.78, 5) is 0. The Balaban J connectivity index is 2.54. The molecule has 1 aromatic carbocycles. The number of benzene rings is 1. The van der Waals surface area contributed by atoms with E-state index in [-0.39, 0.29) is 15.4 Å². The van der Waals surface area contributed by atoms with Gasteiger partial charge in [-0.2, -0.15) is 18.3 Å². The lowest BCUT2D eigenvalue weighted by Crippen LogP contribution is -2.18. The molecule has 0 N–H and O–H groups in total. The summed E-state index contributed by atoms with van der Waals surface area (Å²) >= 11 is 2.95. The van der Waals surface area contributed by atoms with Gasteiger partial charge in [-0.25, -0.2) is 4.39 Å². The van der Waals surface area contributed by atoms with E-state index in [2.05, 4.69) is 21.0 Å². The highest BCUT2D eigenvalue weighted by Gasteiger charge is 2.29. The number of halogens is 5. The first-order chi connectivity index (χ1) is 7.38. The monoisotopic (exact) mass is 296 g/mol. The van der Waals surface area contributed by atoms with Gasteiger partial charge in [0.2, 0.25) is 0 Å². The number of rotatable bonds is 1. The zero-order valence-corrected chi connectivity index (χ0v) is 9.31. The molecule has 0 saturated carbocycles. The van der Waals surface area contributed by atoms with E-state index in [1.165, 1.54) is 12.1 Å². The van der Waals surface area contributed by atoms with Crippen LogP contribution in [-0.2, 0) is 6.54 Å². The van der Waals surface area contributed by atoms with Crippen molar-refractivity contribution >= 4 is 26.8 Å². The van der Waals surface area contributed by atoms with Crippen LogP contribution in [0.15, 0.2) is 22.8 Å². The van der Waals surface area contributed by atoms with Crippen molar-refractivity contribution in [2.45, 2.75) is 12.7 Å². The Labute approximate surface area is 96.0 Å². The van der Waals surface area contributed by atoms with Gasteiger partial charge in [-0.1, -0.05) is 0 Å². The molecule has 0 spiro atoms. The number of nitrogens with zero attached hydrogens (tertiary/aromatic N) is 2. The SMILES string of the molecule is Fc1c(Br)ccc2c1cnn2CC(F)(F)F. The van der Waals surface area contributed by atoms with Gasteiger partial charge >= 0.3 is 6.18 Å². The lowest BCUT2D eigenvalue weighted by molar-refractivity contribution is -0.141. The van der Waals surface area contributed by atoms with Gasteiger partial charge in [0.05, 0.1) is 21.6 Å². The van der Waals surface area contributed by atoms with Crippen LogP contribution in [0.2, 0.25) is 0 Å². The molecule has 1 aromatic heterocycles. The fraction of sp³-hybridized carbons (Fsp3) is 0.222. The predicted octanol–water partition coefficient (Wildman–Crippen LogP) is 3.50. The lowest BCUT2D eigenvalue weighted by Gasteiger charge is -2.07. The molecule has 0 atom stereocenters. The van der Waals surface area contributed by atoms with E-state index in [0.29, 0.717) is 0 Å². The van der Waals surface area contributed by atoms with Gasteiger partial charge in [-0.15, -0.1) is 0 Å². The van der Waals surface area contributed by atoms with Crippen LogP contribution in [0.3, 0.4) is 0 Å². The molecule has 0 saturated heterocycles. The minimum absolute atomic E-state index is 0.0682. The first-order valence-electron chi connectivity index (χ1n) is 4.25. The minimum Gasteiger partial charge on any atom is -0.256 e. The Morgan fingerprint density at radius 3 is 2.62 bits per heavy atom. The number of alkyl halides is 3. The van der Waals surface area contributed by atoms with E-state index < -0.39 is 18.5 Å². The second-order valence-corrected chi connectivity index (χ2v) is 4.07. The summed E-state index contributed by atoms with van der Waals surface area (Å²) in [6.07, 6.45) is -3.29. The molecule has 2 aromatic rings. The van der Waals surface area contributed by atoms with Crippen LogP contribution in [0.5, 0.6) is 0 Å². The van der Waals surface area contributed by atoms with Crippen molar-refractivity contribution in [1.29, 1.82) is 0 Å². The second-order valence-electron chi connectivity index (χ2n) is 3.21. The average molecular weight is 297 g/mol. The molecule has 0 aliphatic rings. The minimum atomic E-state index is -4.37. The van der Waals surface area contributed by atoms with Gasteiger partial charge in [0.15, 0.2) is 0 Å². The largest absolute Gasteiger partial charge is 0.408 e. The molecule has 0 fully saturated rings. The molecule has 2 rings (SSSR count). The number of aromatic nitrogens is 2. The summed E-state index contributed by atoms with van der Waals surface area (Å²) < 4.78 is 50.9. The third-order valence-corrected chi connectivity index (χ3v) is 2.66. The predicted molar refractivity (Wildman–Crippen MR) is 53.4 cm³/mol. The molecule has 0 radical (unpaired) electrons. The Bertz CT molecular complexity index is 532. The van der Waals surface area contributed by atoms with Gasteiger partial charge in [0, 0.05) is 0 Å². The second kappa shape index (κ2) is 3.73. The summed E-state index contributed by atoms with van der Waals surface area (Å²) in [5, 5.41) is 3.59. The summed E-state index contributed by atoms with van der Waals surface area (Å²) in [7, 11) is 0. The van der Waals surface area contributed by atoms with Crippen LogP contribution in [0.1, 0.15) is 0 Å². The normalized spacial score (nSPS) is 12.3. The highest BCUT2D eigenvalue weighted by Crippen LogP contribution is 2.26. The van der Waals surface area contributed by atoms with Crippen molar-refractivity contribution in [2.75, 3.05) is 0 Å².